The fraction of sp³-hybridized carbons (Fsp3) is 1.00. The largest absolute Gasteiger partial charge is 0.382 e. The van der Waals surface area contributed by atoms with Crippen molar-refractivity contribution in [3.05, 3.63) is 0 Å². The van der Waals surface area contributed by atoms with E-state index in [1.807, 2.05) is 0 Å². The summed E-state index contributed by atoms with van der Waals surface area (Å²) in [6.07, 6.45) is 2.64. The van der Waals surface area contributed by atoms with Crippen molar-refractivity contribution in [1.29, 1.82) is 0 Å². The van der Waals surface area contributed by atoms with Crippen molar-refractivity contribution in [2.24, 2.45) is 5.92 Å². The lowest BCUT2D eigenvalue weighted by molar-refractivity contribution is 0.0160. The average Bonchev–Trinajstić information content (AvgIpc) is 2.49. The average molecular weight is 288 g/mol. The Morgan fingerprint density at radius 1 is 1.15 bits per heavy atom. The van der Waals surface area contributed by atoms with E-state index in [0.717, 1.165) is 19.1 Å². The van der Waals surface area contributed by atoms with Crippen molar-refractivity contribution in [1.82, 2.24) is 10.2 Å². The fourth-order valence-corrected chi connectivity index (χ4v) is 2.60. The number of hydrogen-bond donors (Lipinski definition) is 1. The minimum absolute atomic E-state index is 0.605. The van der Waals surface area contributed by atoms with Gasteiger partial charge in [0.15, 0.2) is 0 Å². The highest BCUT2D eigenvalue weighted by atomic mass is 16.5. The molecule has 1 aliphatic rings. The van der Waals surface area contributed by atoms with Gasteiger partial charge >= 0.3 is 0 Å². The zero-order chi connectivity index (χ0) is 14.6. The van der Waals surface area contributed by atoms with Gasteiger partial charge < -0.3 is 24.4 Å². The quantitative estimate of drug-likeness (QED) is 0.574. The Balaban J connectivity index is 1.98. The van der Waals surface area contributed by atoms with Crippen LogP contribution in [-0.2, 0) is 14.2 Å². The van der Waals surface area contributed by atoms with Gasteiger partial charge in [0.2, 0.25) is 0 Å². The molecule has 1 saturated heterocycles. The number of rotatable bonds is 11. The molecule has 0 bridgehead atoms. The van der Waals surface area contributed by atoms with Crippen LogP contribution in [0.2, 0.25) is 0 Å². The minimum Gasteiger partial charge on any atom is -0.382 e. The molecule has 20 heavy (non-hydrogen) atoms. The standard InChI is InChI=1S/C15H32N2O3/c1-14(16-2)15-5-4-6-17(13-15)7-8-19-11-12-20-10-9-18-3/h14-16H,4-13H2,1-3H3. The summed E-state index contributed by atoms with van der Waals surface area (Å²) in [4.78, 5) is 2.52. The highest BCUT2D eigenvalue weighted by Crippen LogP contribution is 2.19. The predicted molar refractivity (Wildman–Crippen MR) is 81.2 cm³/mol. The molecule has 0 aliphatic carbocycles. The molecule has 1 aliphatic heterocycles. The van der Waals surface area contributed by atoms with Gasteiger partial charge in [-0.3, -0.25) is 0 Å². The number of nitrogens with zero attached hydrogens (tertiary/aromatic N) is 1. The van der Waals surface area contributed by atoms with Gasteiger partial charge in [-0.05, 0) is 39.3 Å². The molecule has 0 radical (unpaired) electrons. The van der Waals surface area contributed by atoms with E-state index in [2.05, 4.69) is 24.2 Å². The summed E-state index contributed by atoms with van der Waals surface area (Å²) in [7, 11) is 3.73. The zero-order valence-corrected chi connectivity index (χ0v) is 13.4. The van der Waals surface area contributed by atoms with E-state index in [1.54, 1.807) is 7.11 Å². The van der Waals surface area contributed by atoms with E-state index < -0.39 is 0 Å². The van der Waals surface area contributed by atoms with E-state index in [-0.39, 0.29) is 0 Å². The van der Waals surface area contributed by atoms with Crippen molar-refractivity contribution in [3.63, 3.8) is 0 Å². The molecule has 0 aromatic rings. The second-order valence-corrected chi connectivity index (χ2v) is 5.50. The van der Waals surface area contributed by atoms with Gasteiger partial charge in [-0.1, -0.05) is 0 Å². The molecule has 1 heterocycles. The van der Waals surface area contributed by atoms with Crippen molar-refractivity contribution < 1.29 is 14.2 Å². The van der Waals surface area contributed by atoms with Crippen LogP contribution in [0.3, 0.4) is 0 Å². The number of ether oxygens (including phenoxy) is 3. The molecule has 0 saturated carbocycles. The highest BCUT2D eigenvalue weighted by Gasteiger charge is 2.23. The smallest absolute Gasteiger partial charge is 0.0701 e. The molecule has 1 N–H and O–H groups in total. The summed E-state index contributed by atoms with van der Waals surface area (Å²) in [6.45, 7) is 9.14. The molecule has 2 unspecified atom stereocenters. The van der Waals surface area contributed by atoms with Gasteiger partial charge in [0.25, 0.3) is 0 Å². The van der Waals surface area contributed by atoms with Gasteiger partial charge in [0.1, 0.15) is 0 Å². The molecule has 2 atom stereocenters. The van der Waals surface area contributed by atoms with E-state index >= 15 is 0 Å². The van der Waals surface area contributed by atoms with Crippen molar-refractivity contribution in [2.75, 3.05) is 66.8 Å². The Bertz CT molecular complexity index is 229. The molecular weight excluding hydrogens is 256 g/mol. The number of piperidine rings is 1. The lowest BCUT2D eigenvalue weighted by atomic mass is 9.92. The Morgan fingerprint density at radius 2 is 1.85 bits per heavy atom. The molecule has 0 aromatic carbocycles. The van der Waals surface area contributed by atoms with Crippen LogP contribution >= 0.6 is 0 Å². The monoisotopic (exact) mass is 288 g/mol. The van der Waals surface area contributed by atoms with Crippen molar-refractivity contribution in [3.8, 4) is 0 Å². The van der Waals surface area contributed by atoms with Gasteiger partial charge in [0, 0.05) is 26.2 Å². The number of likely N-dealkylation sites (tertiary alicyclic amines) is 1. The number of nitrogens with one attached hydrogen (secondary N) is 1. The van der Waals surface area contributed by atoms with Crippen LogP contribution in [0, 0.1) is 5.92 Å². The van der Waals surface area contributed by atoms with Crippen LogP contribution in [0.1, 0.15) is 19.8 Å². The van der Waals surface area contributed by atoms with Gasteiger partial charge in [-0.2, -0.15) is 0 Å². The summed E-state index contributed by atoms with van der Waals surface area (Å²) in [5.41, 5.74) is 0. The van der Waals surface area contributed by atoms with Crippen LogP contribution in [0.25, 0.3) is 0 Å². The van der Waals surface area contributed by atoms with Crippen LogP contribution in [0.4, 0.5) is 0 Å². The molecule has 0 spiro atoms. The molecule has 0 aromatic heterocycles. The van der Waals surface area contributed by atoms with Crippen LogP contribution in [-0.4, -0.2) is 77.8 Å². The van der Waals surface area contributed by atoms with Gasteiger partial charge in [-0.25, -0.2) is 0 Å². The Kier molecular flexibility index (Phi) is 10.2. The second-order valence-electron chi connectivity index (χ2n) is 5.50. The predicted octanol–water partition coefficient (Wildman–Crippen LogP) is 0.986. The maximum absolute atomic E-state index is 5.62. The molecule has 5 nitrogen and oxygen atoms in total. The summed E-state index contributed by atoms with van der Waals surface area (Å²) in [5.74, 6) is 0.770. The van der Waals surface area contributed by atoms with E-state index in [1.165, 1.54) is 25.9 Å². The minimum atomic E-state index is 0.605. The Morgan fingerprint density at radius 3 is 2.55 bits per heavy atom. The first-order chi connectivity index (χ1) is 9.77. The summed E-state index contributed by atoms with van der Waals surface area (Å²) < 4.78 is 15.9. The summed E-state index contributed by atoms with van der Waals surface area (Å²) in [5, 5.41) is 3.37. The summed E-state index contributed by atoms with van der Waals surface area (Å²) in [6, 6.07) is 0.605. The Labute approximate surface area is 123 Å². The first-order valence-corrected chi connectivity index (χ1v) is 7.82. The molecule has 1 fully saturated rings. The zero-order valence-electron chi connectivity index (χ0n) is 13.4. The molecule has 0 amide bonds. The third-order valence-corrected chi connectivity index (χ3v) is 4.06. The van der Waals surface area contributed by atoms with E-state index in [4.69, 9.17) is 14.2 Å². The third-order valence-electron chi connectivity index (χ3n) is 4.06. The number of hydrogen-bond acceptors (Lipinski definition) is 5. The molecule has 120 valence electrons. The number of methoxy groups -OCH3 is 1. The van der Waals surface area contributed by atoms with Gasteiger partial charge in [0.05, 0.1) is 33.0 Å². The van der Waals surface area contributed by atoms with Crippen LogP contribution < -0.4 is 5.32 Å². The third kappa shape index (κ3) is 7.55. The second kappa shape index (κ2) is 11.5. The van der Waals surface area contributed by atoms with E-state index in [0.29, 0.717) is 32.5 Å². The first-order valence-electron chi connectivity index (χ1n) is 7.82. The normalized spacial score (nSPS) is 22.1. The fourth-order valence-electron chi connectivity index (χ4n) is 2.60. The maximum Gasteiger partial charge on any atom is 0.0701 e. The van der Waals surface area contributed by atoms with Crippen molar-refractivity contribution >= 4 is 0 Å². The maximum atomic E-state index is 5.62. The van der Waals surface area contributed by atoms with E-state index in [9.17, 15) is 0 Å². The summed E-state index contributed by atoms with van der Waals surface area (Å²) >= 11 is 0. The lowest BCUT2D eigenvalue weighted by Crippen LogP contribution is -2.44. The van der Waals surface area contributed by atoms with Crippen LogP contribution in [0.15, 0.2) is 0 Å². The van der Waals surface area contributed by atoms with Gasteiger partial charge in [-0.15, -0.1) is 0 Å². The SMILES string of the molecule is CNC(C)C1CCCN(CCOCCOCCOC)C1. The van der Waals surface area contributed by atoms with Crippen molar-refractivity contribution in [2.45, 2.75) is 25.8 Å². The Hall–Kier alpha value is -0.200. The van der Waals surface area contributed by atoms with Crippen LogP contribution in [0.5, 0.6) is 0 Å². The lowest BCUT2D eigenvalue weighted by Gasteiger charge is -2.35. The first kappa shape index (κ1) is 17.9. The molecular formula is C15H32N2O3. The molecule has 1 rings (SSSR count). The molecule has 5 heteroatoms. The topological polar surface area (TPSA) is 43.0 Å². The highest BCUT2D eigenvalue weighted by molar-refractivity contribution is 4.79.